The maximum atomic E-state index is 9.67. The molecule has 1 aliphatic carbocycles. The van der Waals surface area contributed by atoms with E-state index in [2.05, 4.69) is 42.0 Å². The van der Waals surface area contributed by atoms with E-state index in [0.717, 1.165) is 35.4 Å². The van der Waals surface area contributed by atoms with Crippen LogP contribution in [-0.4, -0.2) is 52.6 Å². The number of carbonyl (C=O) groups excluding carboxylic acids is 1. The van der Waals surface area contributed by atoms with Crippen molar-refractivity contribution >= 4 is 12.0 Å². The van der Waals surface area contributed by atoms with Gasteiger partial charge in [-0.05, 0) is 76.8 Å². The van der Waals surface area contributed by atoms with E-state index in [1.807, 2.05) is 75.7 Å². The Balaban J connectivity index is 0.000000469. The largest absolute Gasteiger partial charge is 0.457 e. The van der Waals surface area contributed by atoms with Gasteiger partial charge < -0.3 is 30.8 Å². The van der Waals surface area contributed by atoms with E-state index in [-0.39, 0.29) is 6.04 Å². The molecule has 180 valence electrons. The van der Waals surface area contributed by atoms with Crippen LogP contribution >= 0.6 is 0 Å². The van der Waals surface area contributed by atoms with Crippen molar-refractivity contribution < 1.29 is 9.53 Å². The highest BCUT2D eigenvalue weighted by Gasteiger charge is 2.30. The molecule has 0 saturated heterocycles. The number of ether oxygens (including phenoxy) is 1. The Morgan fingerprint density at radius 3 is 1.66 bits per heavy atom. The zero-order chi connectivity index (χ0) is 24.4. The summed E-state index contributed by atoms with van der Waals surface area (Å²) in [5, 5.41) is 12.0. The minimum atomic E-state index is 0.00463. The SMILES string of the molecule is CNC(C)C.CNC(C)C=O.CNC1CC1C.CNc1ccc(Oc2ccccc2)cc1. The standard InChI is InChI=1S/C13H13NO.C5H11N.C4H9NO.C4H11N/c1-14-11-7-9-13(10-8-11)15-12-5-3-2-4-6-12;1-4-3-5(4)6-2;1-4(3-6)5-2;1-4(2)5-3/h2-10,14H,1H3;4-6H,3H2,1-2H3;3-5H,1-2H3;4-5H,1-3H3. The number of para-hydroxylation sites is 1. The third kappa shape index (κ3) is 15.4. The van der Waals surface area contributed by atoms with E-state index in [4.69, 9.17) is 4.74 Å². The number of carbonyl (C=O) groups is 1. The highest BCUT2D eigenvalue weighted by atomic mass is 16.5. The molecular formula is C26H44N4O2. The molecule has 0 bridgehead atoms. The maximum absolute atomic E-state index is 9.67. The quantitative estimate of drug-likeness (QED) is 0.470. The van der Waals surface area contributed by atoms with E-state index in [9.17, 15) is 4.79 Å². The van der Waals surface area contributed by atoms with E-state index < -0.39 is 0 Å². The van der Waals surface area contributed by atoms with Crippen molar-refractivity contribution in [2.24, 2.45) is 5.92 Å². The summed E-state index contributed by atoms with van der Waals surface area (Å²) in [5.41, 5.74) is 1.08. The predicted octanol–water partition coefficient (Wildman–Crippen LogP) is 4.54. The molecule has 0 spiro atoms. The molecule has 3 unspecified atom stereocenters. The fourth-order valence-corrected chi connectivity index (χ4v) is 2.11. The second-order valence-corrected chi connectivity index (χ2v) is 7.95. The Labute approximate surface area is 195 Å². The molecule has 4 N–H and O–H groups in total. The molecule has 0 radical (unpaired) electrons. The number of rotatable bonds is 7. The number of hydrogen-bond acceptors (Lipinski definition) is 6. The lowest BCUT2D eigenvalue weighted by atomic mass is 10.3. The zero-order valence-corrected chi connectivity index (χ0v) is 21.1. The van der Waals surface area contributed by atoms with Crippen LogP contribution in [0, 0.1) is 5.92 Å². The summed E-state index contributed by atoms with van der Waals surface area (Å²) in [5.74, 6) is 2.66. The Morgan fingerprint density at radius 1 is 0.875 bits per heavy atom. The zero-order valence-electron chi connectivity index (χ0n) is 21.1. The molecule has 6 heteroatoms. The monoisotopic (exact) mass is 444 g/mol. The summed E-state index contributed by atoms with van der Waals surface area (Å²) in [6.45, 7) is 8.29. The van der Waals surface area contributed by atoms with E-state index in [1.54, 1.807) is 14.0 Å². The van der Waals surface area contributed by atoms with Gasteiger partial charge in [0.15, 0.2) is 0 Å². The molecule has 3 rings (SSSR count). The van der Waals surface area contributed by atoms with Crippen molar-refractivity contribution in [3.05, 3.63) is 54.6 Å². The molecule has 32 heavy (non-hydrogen) atoms. The Morgan fingerprint density at radius 2 is 1.38 bits per heavy atom. The summed E-state index contributed by atoms with van der Waals surface area (Å²) < 4.78 is 5.65. The van der Waals surface area contributed by atoms with E-state index in [0.29, 0.717) is 6.04 Å². The van der Waals surface area contributed by atoms with Crippen LogP contribution in [0.4, 0.5) is 5.69 Å². The van der Waals surface area contributed by atoms with Crippen molar-refractivity contribution in [1.29, 1.82) is 0 Å². The molecule has 2 aromatic carbocycles. The molecule has 0 amide bonds. The van der Waals surface area contributed by atoms with Crippen LogP contribution < -0.4 is 26.0 Å². The highest BCUT2D eigenvalue weighted by Crippen LogP contribution is 2.28. The number of likely N-dealkylation sites (N-methyl/N-ethyl adjacent to an activating group) is 1. The van der Waals surface area contributed by atoms with Crippen LogP contribution in [0.15, 0.2) is 54.6 Å². The first-order valence-corrected chi connectivity index (χ1v) is 11.3. The Kier molecular flexibility index (Phi) is 16.8. The van der Waals surface area contributed by atoms with Crippen molar-refractivity contribution in [2.45, 2.75) is 52.2 Å². The number of hydrogen-bond donors (Lipinski definition) is 4. The summed E-state index contributed by atoms with van der Waals surface area (Å²) in [7, 11) is 7.62. The molecule has 1 aliphatic rings. The fraction of sp³-hybridized carbons (Fsp3) is 0.500. The van der Waals surface area contributed by atoms with Crippen molar-refractivity contribution in [3.8, 4) is 11.5 Å². The molecule has 1 fully saturated rings. The average molecular weight is 445 g/mol. The summed E-state index contributed by atoms with van der Waals surface area (Å²) in [6, 6.07) is 19.1. The number of aldehydes is 1. The van der Waals surface area contributed by atoms with Crippen LogP contribution in [-0.2, 0) is 4.79 Å². The van der Waals surface area contributed by atoms with Crippen LogP contribution in [0.25, 0.3) is 0 Å². The Bertz CT molecular complexity index is 691. The van der Waals surface area contributed by atoms with Gasteiger partial charge in [-0.3, -0.25) is 0 Å². The van der Waals surface area contributed by atoms with E-state index >= 15 is 0 Å². The lowest BCUT2D eigenvalue weighted by molar-refractivity contribution is -0.109. The average Bonchev–Trinajstić information content (AvgIpc) is 3.56. The van der Waals surface area contributed by atoms with Crippen LogP contribution in [0.5, 0.6) is 11.5 Å². The first-order valence-electron chi connectivity index (χ1n) is 11.3. The number of nitrogens with one attached hydrogen (secondary N) is 4. The second kappa shape index (κ2) is 18.2. The first kappa shape index (κ1) is 29.6. The Hall–Kier alpha value is -2.41. The van der Waals surface area contributed by atoms with Crippen LogP contribution in [0.1, 0.15) is 34.1 Å². The molecule has 1 saturated carbocycles. The summed E-state index contributed by atoms with van der Waals surface area (Å²) >= 11 is 0. The first-order chi connectivity index (χ1) is 15.3. The van der Waals surface area contributed by atoms with E-state index in [1.165, 1.54) is 6.42 Å². The van der Waals surface area contributed by atoms with Crippen LogP contribution in [0.2, 0.25) is 0 Å². The lowest BCUT2D eigenvalue weighted by Gasteiger charge is -2.06. The van der Waals surface area contributed by atoms with Crippen molar-refractivity contribution in [2.75, 3.05) is 33.5 Å². The van der Waals surface area contributed by atoms with Crippen molar-refractivity contribution in [3.63, 3.8) is 0 Å². The molecule has 2 aromatic rings. The molecule has 0 aromatic heterocycles. The normalized spacial score (nSPS) is 16.7. The van der Waals surface area contributed by atoms with Gasteiger partial charge >= 0.3 is 0 Å². The van der Waals surface area contributed by atoms with Gasteiger partial charge in [-0.25, -0.2) is 0 Å². The van der Waals surface area contributed by atoms with Gasteiger partial charge in [-0.1, -0.05) is 39.0 Å². The molecular weight excluding hydrogens is 400 g/mol. The lowest BCUT2D eigenvalue weighted by Crippen LogP contribution is -2.21. The maximum Gasteiger partial charge on any atom is 0.136 e. The van der Waals surface area contributed by atoms with Gasteiger partial charge in [0, 0.05) is 24.8 Å². The summed E-state index contributed by atoms with van der Waals surface area (Å²) in [6.07, 6.45) is 2.25. The minimum absolute atomic E-state index is 0.00463. The predicted molar refractivity (Wildman–Crippen MR) is 138 cm³/mol. The van der Waals surface area contributed by atoms with Gasteiger partial charge in [-0.2, -0.15) is 0 Å². The van der Waals surface area contributed by atoms with Gasteiger partial charge in [0.2, 0.25) is 0 Å². The highest BCUT2D eigenvalue weighted by molar-refractivity contribution is 5.56. The topological polar surface area (TPSA) is 74.4 Å². The number of anilines is 1. The van der Waals surface area contributed by atoms with Crippen molar-refractivity contribution in [1.82, 2.24) is 16.0 Å². The summed E-state index contributed by atoms with van der Waals surface area (Å²) in [4.78, 5) is 9.67. The molecule has 0 heterocycles. The van der Waals surface area contributed by atoms with Gasteiger partial charge in [0.1, 0.15) is 17.8 Å². The fourth-order valence-electron chi connectivity index (χ4n) is 2.11. The molecule has 0 aliphatic heterocycles. The third-order valence-corrected chi connectivity index (χ3v) is 4.84. The second-order valence-electron chi connectivity index (χ2n) is 7.95. The number of benzene rings is 2. The van der Waals surface area contributed by atoms with Crippen LogP contribution in [0.3, 0.4) is 0 Å². The van der Waals surface area contributed by atoms with Gasteiger partial charge in [-0.15, -0.1) is 0 Å². The smallest absolute Gasteiger partial charge is 0.136 e. The third-order valence-electron chi connectivity index (χ3n) is 4.84. The molecule has 3 atom stereocenters. The van der Waals surface area contributed by atoms with Gasteiger partial charge in [0.05, 0.1) is 6.04 Å². The molecule has 6 nitrogen and oxygen atoms in total. The van der Waals surface area contributed by atoms with Gasteiger partial charge in [0.25, 0.3) is 0 Å². The minimum Gasteiger partial charge on any atom is -0.457 e.